The van der Waals surface area contributed by atoms with Crippen LogP contribution < -0.4 is 0 Å². The van der Waals surface area contributed by atoms with Crippen molar-refractivity contribution in [1.82, 2.24) is 5.16 Å². The molecule has 2 aliphatic rings. The van der Waals surface area contributed by atoms with E-state index in [1.807, 2.05) is 6.07 Å². The van der Waals surface area contributed by atoms with Crippen molar-refractivity contribution in [1.29, 1.82) is 0 Å². The van der Waals surface area contributed by atoms with Crippen molar-refractivity contribution in [3.8, 4) is 11.3 Å². The van der Waals surface area contributed by atoms with Gasteiger partial charge >= 0.3 is 0 Å². The maximum absolute atomic E-state index is 9.67. The quantitative estimate of drug-likeness (QED) is 0.811. The van der Waals surface area contributed by atoms with Crippen molar-refractivity contribution in [3.63, 3.8) is 0 Å². The molecule has 1 aromatic heterocycles. The molecule has 0 amide bonds. The number of aliphatic hydroxyl groups is 1. The zero-order chi connectivity index (χ0) is 16.7. The number of hydrogen-bond acceptors (Lipinski definition) is 4. The van der Waals surface area contributed by atoms with Crippen LogP contribution in [0.4, 0.5) is 0 Å². The van der Waals surface area contributed by atoms with Gasteiger partial charge in [-0.2, -0.15) is 0 Å². The molecule has 2 atom stereocenters. The monoisotopic (exact) mass is 367 g/mol. The SMILES string of the molecule is OC1CCC(OCc2c(-c3c(Cl)cccc3Cl)noc2C2CC2)C1. The van der Waals surface area contributed by atoms with Crippen LogP contribution >= 0.6 is 23.2 Å². The second-order valence-electron chi connectivity index (χ2n) is 6.64. The predicted octanol–water partition coefficient (Wildman–Crippen LogP) is 4.96. The van der Waals surface area contributed by atoms with Crippen molar-refractivity contribution < 1.29 is 14.4 Å². The minimum atomic E-state index is -0.252. The van der Waals surface area contributed by atoms with E-state index < -0.39 is 0 Å². The second kappa shape index (κ2) is 6.68. The number of benzene rings is 1. The van der Waals surface area contributed by atoms with Gasteiger partial charge in [-0.05, 0) is 44.2 Å². The lowest BCUT2D eigenvalue weighted by Gasteiger charge is -2.12. The summed E-state index contributed by atoms with van der Waals surface area (Å²) in [5.41, 5.74) is 2.31. The van der Waals surface area contributed by atoms with Crippen LogP contribution in [-0.2, 0) is 11.3 Å². The van der Waals surface area contributed by atoms with E-state index in [1.54, 1.807) is 12.1 Å². The van der Waals surface area contributed by atoms with Crippen LogP contribution in [0.5, 0.6) is 0 Å². The first-order valence-corrected chi connectivity index (χ1v) is 9.11. The molecule has 0 aliphatic heterocycles. The van der Waals surface area contributed by atoms with Crippen molar-refractivity contribution in [2.45, 2.75) is 56.8 Å². The van der Waals surface area contributed by atoms with Crippen LogP contribution in [-0.4, -0.2) is 22.5 Å². The van der Waals surface area contributed by atoms with Gasteiger partial charge in [-0.3, -0.25) is 0 Å². The van der Waals surface area contributed by atoms with Crippen LogP contribution in [0.15, 0.2) is 22.7 Å². The standard InChI is InChI=1S/C18H19Cl2NO3/c19-14-2-1-3-15(20)16(14)17-13(18(24-21-17)10-4-5-10)9-23-12-7-6-11(22)8-12/h1-3,10-12,22H,4-9H2. The van der Waals surface area contributed by atoms with Crippen LogP contribution in [0, 0.1) is 0 Å². The Morgan fingerprint density at radius 2 is 1.92 bits per heavy atom. The number of aromatic nitrogens is 1. The minimum Gasteiger partial charge on any atom is -0.393 e. The molecule has 0 spiro atoms. The van der Waals surface area contributed by atoms with Crippen molar-refractivity contribution in [2.75, 3.05) is 0 Å². The Balaban J connectivity index is 1.65. The first-order chi connectivity index (χ1) is 11.6. The lowest BCUT2D eigenvalue weighted by Crippen LogP contribution is -2.10. The molecule has 128 valence electrons. The molecule has 4 nitrogen and oxygen atoms in total. The molecule has 1 heterocycles. The Bertz CT molecular complexity index is 722. The molecule has 2 aromatic rings. The van der Waals surface area contributed by atoms with Gasteiger partial charge in [-0.25, -0.2) is 0 Å². The highest BCUT2D eigenvalue weighted by atomic mass is 35.5. The zero-order valence-corrected chi connectivity index (χ0v) is 14.7. The molecule has 0 saturated heterocycles. The smallest absolute Gasteiger partial charge is 0.145 e. The molecule has 1 aromatic carbocycles. The van der Waals surface area contributed by atoms with E-state index in [0.29, 0.717) is 40.2 Å². The van der Waals surface area contributed by atoms with E-state index in [4.69, 9.17) is 32.5 Å². The Morgan fingerprint density at radius 3 is 2.54 bits per heavy atom. The van der Waals surface area contributed by atoms with Gasteiger partial charge in [0, 0.05) is 17.0 Å². The highest BCUT2D eigenvalue weighted by molar-refractivity contribution is 6.39. The normalized spacial score (nSPS) is 23.8. The first-order valence-electron chi connectivity index (χ1n) is 8.36. The summed E-state index contributed by atoms with van der Waals surface area (Å²) in [6.07, 6.45) is 4.42. The molecule has 6 heteroatoms. The number of hydrogen-bond donors (Lipinski definition) is 1. The summed E-state index contributed by atoms with van der Waals surface area (Å²) < 4.78 is 11.7. The Morgan fingerprint density at radius 1 is 1.17 bits per heavy atom. The molecule has 1 N–H and O–H groups in total. The lowest BCUT2D eigenvalue weighted by molar-refractivity contribution is 0.0352. The highest BCUT2D eigenvalue weighted by Crippen LogP contribution is 2.46. The predicted molar refractivity (Wildman–Crippen MR) is 92.4 cm³/mol. The van der Waals surface area contributed by atoms with E-state index in [9.17, 15) is 5.11 Å². The van der Waals surface area contributed by atoms with Gasteiger partial charge in [0.1, 0.15) is 11.5 Å². The van der Waals surface area contributed by atoms with Crippen molar-refractivity contribution in [3.05, 3.63) is 39.6 Å². The third-order valence-electron chi connectivity index (χ3n) is 4.79. The zero-order valence-electron chi connectivity index (χ0n) is 13.2. The summed E-state index contributed by atoms with van der Waals surface area (Å²) >= 11 is 12.7. The van der Waals surface area contributed by atoms with Gasteiger partial charge < -0.3 is 14.4 Å². The van der Waals surface area contributed by atoms with E-state index >= 15 is 0 Å². The molecular formula is C18H19Cl2NO3. The number of aliphatic hydroxyl groups excluding tert-OH is 1. The molecule has 2 aliphatic carbocycles. The third-order valence-corrected chi connectivity index (χ3v) is 5.42. The fraction of sp³-hybridized carbons (Fsp3) is 0.500. The van der Waals surface area contributed by atoms with E-state index in [-0.39, 0.29) is 12.2 Å². The van der Waals surface area contributed by atoms with Gasteiger partial charge in [0.05, 0.1) is 28.9 Å². The summed E-state index contributed by atoms with van der Waals surface area (Å²) in [7, 11) is 0. The number of nitrogens with zero attached hydrogens (tertiary/aromatic N) is 1. The fourth-order valence-electron chi connectivity index (χ4n) is 3.32. The van der Waals surface area contributed by atoms with Crippen LogP contribution in [0.25, 0.3) is 11.3 Å². The molecule has 4 rings (SSSR count). The summed E-state index contributed by atoms with van der Waals surface area (Å²) in [5.74, 6) is 1.31. The van der Waals surface area contributed by atoms with Crippen molar-refractivity contribution in [2.24, 2.45) is 0 Å². The minimum absolute atomic E-state index is 0.0801. The third kappa shape index (κ3) is 3.21. The largest absolute Gasteiger partial charge is 0.393 e. The molecule has 2 fully saturated rings. The second-order valence-corrected chi connectivity index (χ2v) is 7.46. The van der Waals surface area contributed by atoms with E-state index in [1.165, 1.54) is 0 Å². The number of rotatable bonds is 5. The highest BCUT2D eigenvalue weighted by Gasteiger charge is 2.34. The maximum Gasteiger partial charge on any atom is 0.145 e. The average molecular weight is 368 g/mol. The van der Waals surface area contributed by atoms with E-state index in [0.717, 1.165) is 37.0 Å². The Hall–Kier alpha value is -1.07. The van der Waals surface area contributed by atoms with Crippen LogP contribution in [0.1, 0.15) is 49.3 Å². The van der Waals surface area contributed by atoms with Crippen LogP contribution in [0.3, 0.4) is 0 Å². The van der Waals surface area contributed by atoms with Gasteiger partial charge in [-0.15, -0.1) is 0 Å². The van der Waals surface area contributed by atoms with Gasteiger partial charge in [0.2, 0.25) is 0 Å². The molecule has 0 bridgehead atoms. The van der Waals surface area contributed by atoms with Gasteiger partial charge in [0.25, 0.3) is 0 Å². The molecule has 2 unspecified atom stereocenters. The fourth-order valence-corrected chi connectivity index (χ4v) is 3.89. The Labute approximate surface area is 150 Å². The van der Waals surface area contributed by atoms with Gasteiger partial charge in [0.15, 0.2) is 0 Å². The summed E-state index contributed by atoms with van der Waals surface area (Å²) in [4.78, 5) is 0. The molecular weight excluding hydrogens is 349 g/mol. The Kier molecular flexibility index (Phi) is 4.56. The van der Waals surface area contributed by atoms with Crippen LogP contribution in [0.2, 0.25) is 10.0 Å². The summed E-state index contributed by atoms with van der Waals surface area (Å²) in [5, 5.41) is 15.0. The number of ether oxygens (including phenoxy) is 1. The number of halogens is 2. The van der Waals surface area contributed by atoms with E-state index in [2.05, 4.69) is 5.16 Å². The topological polar surface area (TPSA) is 55.5 Å². The maximum atomic E-state index is 9.67. The molecule has 0 radical (unpaired) electrons. The summed E-state index contributed by atoms with van der Waals surface area (Å²) in [6.45, 7) is 0.406. The van der Waals surface area contributed by atoms with Gasteiger partial charge in [-0.1, -0.05) is 34.4 Å². The molecule has 2 saturated carbocycles. The molecule has 24 heavy (non-hydrogen) atoms. The summed E-state index contributed by atoms with van der Waals surface area (Å²) in [6, 6.07) is 5.41. The van der Waals surface area contributed by atoms with Crippen molar-refractivity contribution >= 4 is 23.2 Å². The first kappa shape index (κ1) is 16.4. The lowest BCUT2D eigenvalue weighted by atomic mass is 10.0. The average Bonchev–Trinajstić information content (AvgIpc) is 3.18.